The van der Waals surface area contributed by atoms with Crippen molar-refractivity contribution in [1.29, 1.82) is 0 Å². The number of aliphatic carboxylic acids is 1. The van der Waals surface area contributed by atoms with Gasteiger partial charge in [-0.15, -0.1) is 0 Å². The molecule has 0 spiro atoms. The predicted molar refractivity (Wildman–Crippen MR) is 124 cm³/mol. The summed E-state index contributed by atoms with van der Waals surface area (Å²) in [6, 6.07) is 7.84. The summed E-state index contributed by atoms with van der Waals surface area (Å²) in [7, 11) is 0. The molecule has 0 aromatic heterocycles. The Bertz CT molecular complexity index is 1060. The van der Waals surface area contributed by atoms with Gasteiger partial charge in [0.05, 0.1) is 6.61 Å². The topological polar surface area (TPSA) is 75.6 Å². The van der Waals surface area contributed by atoms with Gasteiger partial charge in [0.25, 0.3) is 0 Å². The van der Waals surface area contributed by atoms with E-state index in [9.17, 15) is 9.59 Å². The number of carbonyl (C=O) groups excluding carboxylic acids is 1. The molecule has 5 heteroatoms. The lowest BCUT2D eigenvalue weighted by Crippen LogP contribution is -2.21. The van der Waals surface area contributed by atoms with Gasteiger partial charge in [-0.2, -0.15) is 0 Å². The van der Waals surface area contributed by atoms with Gasteiger partial charge in [-0.05, 0) is 60.1 Å². The Balaban J connectivity index is 2.02. The standard InChI is InChI=1S/C26H31NO4/c1-15-16(2)25-23(17(3)24(15)27-21(28)13-26(4,5)6)20(14-31-25)19-9-7-8-18(12-19)10-11-22(29)30/h7-12,20H,13-14H2,1-6H3,(H,27,28)(H,29,30)/b11-10+. The van der Waals surface area contributed by atoms with E-state index in [2.05, 4.69) is 26.1 Å². The van der Waals surface area contributed by atoms with Crippen molar-refractivity contribution in [3.05, 3.63) is 63.7 Å². The molecule has 1 aliphatic rings. The average Bonchev–Trinajstić information content (AvgIpc) is 3.12. The summed E-state index contributed by atoms with van der Waals surface area (Å²) in [5.41, 5.74) is 6.84. The second-order valence-electron chi connectivity index (χ2n) is 9.48. The van der Waals surface area contributed by atoms with E-state index in [1.54, 1.807) is 6.08 Å². The van der Waals surface area contributed by atoms with Crippen LogP contribution < -0.4 is 10.1 Å². The van der Waals surface area contributed by atoms with Gasteiger partial charge in [0.1, 0.15) is 5.75 Å². The van der Waals surface area contributed by atoms with Gasteiger partial charge in [0.15, 0.2) is 0 Å². The first kappa shape index (κ1) is 22.6. The van der Waals surface area contributed by atoms with Crippen molar-refractivity contribution in [2.45, 2.75) is 53.9 Å². The number of hydrogen-bond donors (Lipinski definition) is 2. The monoisotopic (exact) mass is 421 g/mol. The van der Waals surface area contributed by atoms with Crippen molar-refractivity contribution in [2.24, 2.45) is 5.41 Å². The summed E-state index contributed by atoms with van der Waals surface area (Å²) in [5.74, 6) is -0.0575. The van der Waals surface area contributed by atoms with Crippen LogP contribution in [0.15, 0.2) is 30.3 Å². The minimum Gasteiger partial charge on any atom is -0.492 e. The Hall–Kier alpha value is -3.08. The third kappa shape index (κ3) is 4.98. The zero-order valence-corrected chi connectivity index (χ0v) is 19.1. The molecular formula is C26H31NO4. The quantitative estimate of drug-likeness (QED) is 0.616. The highest BCUT2D eigenvalue weighted by molar-refractivity contribution is 5.94. The number of carboxylic acid groups (broad SMARTS) is 1. The van der Waals surface area contributed by atoms with Gasteiger partial charge in [-0.3, -0.25) is 4.79 Å². The highest BCUT2D eigenvalue weighted by Gasteiger charge is 2.32. The number of benzene rings is 2. The second-order valence-corrected chi connectivity index (χ2v) is 9.48. The normalized spacial score (nSPS) is 15.6. The van der Waals surface area contributed by atoms with Crippen LogP contribution in [-0.4, -0.2) is 23.6 Å². The molecule has 0 radical (unpaired) electrons. The third-order valence-corrected chi connectivity index (χ3v) is 5.73. The molecule has 2 aromatic carbocycles. The number of carboxylic acids is 1. The van der Waals surface area contributed by atoms with Gasteiger partial charge < -0.3 is 15.2 Å². The number of amides is 1. The maximum absolute atomic E-state index is 12.7. The first-order valence-corrected chi connectivity index (χ1v) is 10.5. The number of carbonyl (C=O) groups is 2. The van der Waals surface area contributed by atoms with Crippen molar-refractivity contribution < 1.29 is 19.4 Å². The van der Waals surface area contributed by atoms with E-state index in [0.29, 0.717) is 13.0 Å². The molecule has 2 N–H and O–H groups in total. The molecule has 1 amide bonds. The summed E-state index contributed by atoms with van der Waals surface area (Å²) in [4.78, 5) is 23.5. The second kappa shape index (κ2) is 8.58. The summed E-state index contributed by atoms with van der Waals surface area (Å²) in [5, 5.41) is 12.1. The summed E-state index contributed by atoms with van der Waals surface area (Å²) < 4.78 is 6.11. The zero-order valence-electron chi connectivity index (χ0n) is 19.1. The van der Waals surface area contributed by atoms with Crippen molar-refractivity contribution in [3.8, 4) is 5.75 Å². The molecule has 0 saturated carbocycles. The Labute approximate surface area is 184 Å². The molecule has 1 atom stereocenters. The van der Waals surface area contributed by atoms with Crippen LogP contribution in [0, 0.1) is 26.2 Å². The molecule has 0 aliphatic carbocycles. The number of rotatable bonds is 5. The highest BCUT2D eigenvalue weighted by atomic mass is 16.5. The van der Waals surface area contributed by atoms with E-state index in [1.807, 2.05) is 45.0 Å². The largest absolute Gasteiger partial charge is 0.492 e. The van der Waals surface area contributed by atoms with Crippen molar-refractivity contribution in [3.63, 3.8) is 0 Å². The Kier molecular flexibility index (Phi) is 6.25. The fourth-order valence-corrected chi connectivity index (χ4v) is 4.16. The minimum atomic E-state index is -0.975. The van der Waals surface area contributed by atoms with Gasteiger partial charge in [-0.25, -0.2) is 4.79 Å². The number of nitrogens with one attached hydrogen (secondary N) is 1. The van der Waals surface area contributed by atoms with E-state index < -0.39 is 5.97 Å². The summed E-state index contributed by atoms with van der Waals surface area (Å²) in [6.45, 7) is 12.8. The average molecular weight is 422 g/mol. The first-order valence-electron chi connectivity index (χ1n) is 10.5. The van der Waals surface area contributed by atoms with Crippen molar-refractivity contribution in [1.82, 2.24) is 0 Å². The SMILES string of the molecule is Cc1c(C)c2c(c(C)c1NC(=O)CC(C)(C)C)C(c1cccc(/C=C/C(=O)O)c1)CO2. The number of fused-ring (bicyclic) bond motifs is 1. The molecule has 1 aliphatic heterocycles. The first-order chi connectivity index (χ1) is 14.5. The smallest absolute Gasteiger partial charge is 0.328 e. The molecule has 31 heavy (non-hydrogen) atoms. The fraction of sp³-hybridized carbons (Fsp3) is 0.385. The lowest BCUT2D eigenvalue weighted by atomic mass is 9.85. The number of ether oxygens (including phenoxy) is 1. The Morgan fingerprint density at radius 2 is 1.87 bits per heavy atom. The van der Waals surface area contributed by atoms with Gasteiger partial charge in [0, 0.05) is 29.7 Å². The van der Waals surface area contributed by atoms with E-state index in [-0.39, 0.29) is 17.2 Å². The van der Waals surface area contributed by atoms with Gasteiger partial charge in [-0.1, -0.05) is 45.0 Å². The number of anilines is 1. The molecule has 3 rings (SSSR count). The molecule has 0 saturated heterocycles. The summed E-state index contributed by atoms with van der Waals surface area (Å²) in [6.07, 6.45) is 3.17. The van der Waals surface area contributed by atoms with Crippen LogP contribution >= 0.6 is 0 Å². The molecule has 0 fully saturated rings. The molecule has 1 unspecified atom stereocenters. The minimum absolute atomic E-state index is 0.00863. The number of hydrogen-bond acceptors (Lipinski definition) is 3. The maximum atomic E-state index is 12.7. The van der Waals surface area contributed by atoms with Crippen LogP contribution in [0.5, 0.6) is 5.75 Å². The zero-order chi connectivity index (χ0) is 22.9. The molecule has 164 valence electrons. The van der Waals surface area contributed by atoms with Crippen LogP contribution in [0.25, 0.3) is 6.08 Å². The van der Waals surface area contributed by atoms with Crippen LogP contribution in [0.4, 0.5) is 5.69 Å². The van der Waals surface area contributed by atoms with Gasteiger partial charge in [0.2, 0.25) is 5.91 Å². The summed E-state index contributed by atoms with van der Waals surface area (Å²) >= 11 is 0. The molecular weight excluding hydrogens is 390 g/mol. The maximum Gasteiger partial charge on any atom is 0.328 e. The van der Waals surface area contributed by atoms with Crippen LogP contribution in [0.3, 0.4) is 0 Å². The molecule has 5 nitrogen and oxygen atoms in total. The van der Waals surface area contributed by atoms with E-state index >= 15 is 0 Å². The van der Waals surface area contributed by atoms with E-state index in [0.717, 1.165) is 50.9 Å². The van der Waals surface area contributed by atoms with E-state index in [4.69, 9.17) is 9.84 Å². The Morgan fingerprint density at radius 1 is 1.16 bits per heavy atom. The van der Waals surface area contributed by atoms with Gasteiger partial charge >= 0.3 is 5.97 Å². The van der Waals surface area contributed by atoms with Crippen molar-refractivity contribution in [2.75, 3.05) is 11.9 Å². The highest BCUT2D eigenvalue weighted by Crippen LogP contribution is 2.47. The van der Waals surface area contributed by atoms with Crippen LogP contribution in [-0.2, 0) is 9.59 Å². The fourth-order valence-electron chi connectivity index (χ4n) is 4.16. The lowest BCUT2D eigenvalue weighted by Gasteiger charge is -2.22. The molecule has 2 aromatic rings. The van der Waals surface area contributed by atoms with Crippen LogP contribution in [0.1, 0.15) is 66.5 Å². The molecule has 0 bridgehead atoms. The van der Waals surface area contributed by atoms with Crippen LogP contribution in [0.2, 0.25) is 0 Å². The molecule has 1 heterocycles. The lowest BCUT2D eigenvalue weighted by molar-refractivity contribution is -0.131. The Morgan fingerprint density at radius 3 is 2.52 bits per heavy atom. The van der Waals surface area contributed by atoms with E-state index in [1.165, 1.54) is 0 Å². The third-order valence-electron chi connectivity index (χ3n) is 5.73. The predicted octanol–water partition coefficient (Wildman–Crippen LogP) is 5.61. The van der Waals surface area contributed by atoms with Crippen molar-refractivity contribution >= 4 is 23.6 Å².